The van der Waals surface area contributed by atoms with Crippen molar-refractivity contribution in [1.29, 1.82) is 0 Å². The predicted octanol–water partition coefficient (Wildman–Crippen LogP) is -1.38. The van der Waals surface area contributed by atoms with E-state index in [2.05, 4.69) is 10.3 Å². The van der Waals surface area contributed by atoms with Gasteiger partial charge in [0.2, 0.25) is 0 Å². The molecule has 3 N–H and O–H groups in total. The van der Waals surface area contributed by atoms with Gasteiger partial charge < -0.3 is 20.3 Å². The van der Waals surface area contributed by atoms with Gasteiger partial charge in [-0.15, -0.1) is 0 Å². The number of ketones is 1. The van der Waals surface area contributed by atoms with Gasteiger partial charge in [0, 0.05) is 13.3 Å². The number of urea groups is 1. The Morgan fingerprint density at radius 3 is 2.88 bits per heavy atom. The zero-order valence-electron chi connectivity index (χ0n) is 9.29. The van der Waals surface area contributed by atoms with Crippen LogP contribution in [0.2, 0.25) is 0 Å². The molecule has 0 aromatic rings. The molecule has 0 bridgehead atoms. The molecular weight excluding hydrogens is 228 g/mol. The van der Waals surface area contributed by atoms with E-state index in [1.54, 1.807) is 0 Å². The van der Waals surface area contributed by atoms with Crippen molar-refractivity contribution >= 4 is 17.5 Å². The summed E-state index contributed by atoms with van der Waals surface area (Å²) in [6.07, 6.45) is -1.75. The second-order valence-corrected chi connectivity index (χ2v) is 4.18. The molecular formula is C10H14N2O5. The summed E-state index contributed by atoms with van der Waals surface area (Å²) in [5.74, 6) is -0.307. The summed E-state index contributed by atoms with van der Waals surface area (Å²) in [4.78, 5) is 26.0. The third-order valence-corrected chi connectivity index (χ3v) is 2.96. The molecule has 2 heterocycles. The highest BCUT2D eigenvalue weighted by atomic mass is 16.5. The van der Waals surface area contributed by atoms with Crippen LogP contribution in [0.25, 0.3) is 0 Å². The van der Waals surface area contributed by atoms with Crippen LogP contribution in [0.1, 0.15) is 13.3 Å². The van der Waals surface area contributed by atoms with Crippen molar-refractivity contribution < 1.29 is 24.5 Å². The standard InChI is InChI=1S/C10H14N2O5/c1-4(14)8-9(12-10(16)11-8)6-2-5(15)7(3-13)17-6/h5-7,9,13,15H,2-3H2,1H3,(H,12,16)/t5-,6+,7+,9?/m0/s1. The molecule has 0 aliphatic carbocycles. The van der Waals surface area contributed by atoms with Gasteiger partial charge >= 0.3 is 6.03 Å². The van der Waals surface area contributed by atoms with Crippen LogP contribution in [0.5, 0.6) is 0 Å². The minimum Gasteiger partial charge on any atom is -0.394 e. The lowest BCUT2D eigenvalue weighted by Gasteiger charge is -2.19. The number of carbonyl (C=O) groups excluding carboxylic acids is 2. The zero-order chi connectivity index (χ0) is 12.6. The van der Waals surface area contributed by atoms with Gasteiger partial charge in [0.25, 0.3) is 0 Å². The molecule has 1 saturated heterocycles. The van der Waals surface area contributed by atoms with Gasteiger partial charge in [0.1, 0.15) is 17.9 Å². The monoisotopic (exact) mass is 242 g/mol. The van der Waals surface area contributed by atoms with E-state index in [0.29, 0.717) is 0 Å². The van der Waals surface area contributed by atoms with Crippen molar-refractivity contribution in [3.8, 4) is 0 Å². The van der Waals surface area contributed by atoms with Gasteiger partial charge in [-0.25, -0.2) is 4.79 Å². The summed E-state index contributed by atoms with van der Waals surface area (Å²) in [5.41, 5.74) is 0.116. The largest absolute Gasteiger partial charge is 0.394 e. The third kappa shape index (κ3) is 2.21. The fourth-order valence-electron chi connectivity index (χ4n) is 2.12. The number of hydrogen-bond acceptors (Lipinski definition) is 5. The zero-order valence-corrected chi connectivity index (χ0v) is 9.29. The molecule has 94 valence electrons. The molecule has 2 aliphatic heterocycles. The number of rotatable bonds is 3. The first-order valence-corrected chi connectivity index (χ1v) is 5.37. The molecule has 2 aliphatic rings. The number of carbonyl (C=O) groups is 2. The topological polar surface area (TPSA) is 108 Å². The average Bonchev–Trinajstić information content (AvgIpc) is 2.81. The number of aliphatic hydroxyl groups excluding tert-OH is 2. The molecule has 2 amide bonds. The fraction of sp³-hybridized carbons (Fsp3) is 0.700. The number of nitrogens with zero attached hydrogens (tertiary/aromatic N) is 1. The predicted molar refractivity (Wildman–Crippen MR) is 56.8 cm³/mol. The van der Waals surface area contributed by atoms with Crippen molar-refractivity contribution in [3.05, 3.63) is 0 Å². The van der Waals surface area contributed by atoms with E-state index in [1.807, 2.05) is 0 Å². The highest BCUT2D eigenvalue weighted by molar-refractivity contribution is 6.44. The molecule has 7 nitrogen and oxygen atoms in total. The highest BCUT2D eigenvalue weighted by Crippen LogP contribution is 2.25. The van der Waals surface area contributed by atoms with Gasteiger partial charge in [0.15, 0.2) is 5.78 Å². The summed E-state index contributed by atoms with van der Waals surface area (Å²) in [5, 5.41) is 21.1. The van der Waals surface area contributed by atoms with E-state index in [-0.39, 0.29) is 24.5 Å². The quantitative estimate of drug-likeness (QED) is 0.565. The molecule has 4 atom stereocenters. The maximum absolute atomic E-state index is 11.3. The second-order valence-electron chi connectivity index (χ2n) is 4.18. The molecule has 0 spiro atoms. The molecule has 1 unspecified atom stereocenters. The Kier molecular flexibility index (Phi) is 3.23. The molecule has 0 saturated carbocycles. The van der Waals surface area contributed by atoms with Crippen LogP contribution in [0.3, 0.4) is 0 Å². The average molecular weight is 242 g/mol. The van der Waals surface area contributed by atoms with Crippen LogP contribution in [0.15, 0.2) is 4.99 Å². The van der Waals surface area contributed by atoms with E-state index < -0.39 is 30.4 Å². The van der Waals surface area contributed by atoms with Crippen molar-refractivity contribution in [2.45, 2.75) is 37.7 Å². The third-order valence-electron chi connectivity index (χ3n) is 2.96. The summed E-state index contributed by atoms with van der Waals surface area (Å²) in [7, 11) is 0. The Morgan fingerprint density at radius 1 is 1.65 bits per heavy atom. The van der Waals surface area contributed by atoms with Crippen molar-refractivity contribution in [2.24, 2.45) is 4.99 Å². The van der Waals surface area contributed by atoms with E-state index in [4.69, 9.17) is 9.84 Å². The number of aliphatic hydroxyl groups is 2. The van der Waals surface area contributed by atoms with Crippen molar-refractivity contribution in [2.75, 3.05) is 6.61 Å². The minimum absolute atomic E-state index is 0.116. The molecule has 0 aromatic carbocycles. The van der Waals surface area contributed by atoms with E-state index in [1.165, 1.54) is 6.92 Å². The number of hydrogen-bond donors (Lipinski definition) is 3. The first-order chi connectivity index (χ1) is 8.02. The number of ether oxygens (including phenoxy) is 1. The molecule has 1 fully saturated rings. The summed E-state index contributed by atoms with van der Waals surface area (Å²) < 4.78 is 5.39. The lowest BCUT2D eigenvalue weighted by molar-refractivity contribution is -0.111. The van der Waals surface area contributed by atoms with Gasteiger partial charge in [-0.3, -0.25) is 4.79 Å². The Morgan fingerprint density at radius 2 is 2.35 bits per heavy atom. The summed E-state index contributed by atoms with van der Waals surface area (Å²) in [6, 6.07) is -1.21. The second kappa shape index (κ2) is 4.52. The summed E-state index contributed by atoms with van der Waals surface area (Å²) in [6.45, 7) is 1.02. The first kappa shape index (κ1) is 12.2. The maximum atomic E-state index is 11.3. The highest BCUT2D eigenvalue weighted by Gasteiger charge is 2.43. The lowest BCUT2D eigenvalue weighted by atomic mass is 10.00. The van der Waals surface area contributed by atoms with Gasteiger partial charge in [0.05, 0.1) is 18.8 Å². The van der Waals surface area contributed by atoms with Crippen LogP contribution in [0, 0.1) is 0 Å². The molecule has 0 radical (unpaired) electrons. The Balaban J connectivity index is 2.12. The first-order valence-electron chi connectivity index (χ1n) is 5.37. The number of nitrogens with one attached hydrogen (secondary N) is 1. The van der Waals surface area contributed by atoms with Gasteiger partial charge in [-0.2, -0.15) is 4.99 Å². The normalized spacial score (nSPS) is 36.9. The molecule has 0 aromatic heterocycles. The SMILES string of the molecule is CC(=O)C1=NC(=O)NC1[C@H]1C[C@H](O)[C@@H](CO)O1. The smallest absolute Gasteiger partial charge is 0.341 e. The Bertz CT molecular complexity index is 381. The maximum Gasteiger partial charge on any atom is 0.341 e. The van der Waals surface area contributed by atoms with Crippen LogP contribution in [0.4, 0.5) is 4.79 Å². The van der Waals surface area contributed by atoms with Crippen LogP contribution < -0.4 is 5.32 Å². The Labute approximate surface area is 97.5 Å². The summed E-state index contributed by atoms with van der Waals surface area (Å²) >= 11 is 0. The van der Waals surface area contributed by atoms with Crippen LogP contribution in [-0.4, -0.2) is 58.7 Å². The number of amides is 2. The van der Waals surface area contributed by atoms with Crippen LogP contribution in [-0.2, 0) is 9.53 Å². The Hall–Kier alpha value is -1.31. The van der Waals surface area contributed by atoms with E-state index in [9.17, 15) is 14.7 Å². The number of aliphatic imine (C=N–C) groups is 1. The fourth-order valence-corrected chi connectivity index (χ4v) is 2.12. The van der Waals surface area contributed by atoms with Gasteiger partial charge in [-0.1, -0.05) is 0 Å². The van der Waals surface area contributed by atoms with Crippen molar-refractivity contribution in [1.82, 2.24) is 5.32 Å². The van der Waals surface area contributed by atoms with Crippen LogP contribution >= 0.6 is 0 Å². The number of Topliss-reactive ketones (excluding diaryl/α,β-unsaturated/α-hetero) is 1. The van der Waals surface area contributed by atoms with Gasteiger partial charge in [-0.05, 0) is 0 Å². The lowest BCUT2D eigenvalue weighted by Crippen LogP contribution is -2.44. The van der Waals surface area contributed by atoms with E-state index in [0.717, 1.165) is 0 Å². The molecule has 2 rings (SSSR count). The minimum atomic E-state index is -0.796. The molecule has 17 heavy (non-hydrogen) atoms. The molecule has 7 heteroatoms. The van der Waals surface area contributed by atoms with E-state index >= 15 is 0 Å². The van der Waals surface area contributed by atoms with Crippen molar-refractivity contribution in [3.63, 3.8) is 0 Å².